The Morgan fingerprint density at radius 2 is 1.67 bits per heavy atom. The molecule has 0 aromatic rings. The minimum atomic E-state index is 0.191. The van der Waals surface area contributed by atoms with Gasteiger partial charge >= 0.3 is 0 Å². The van der Waals surface area contributed by atoms with E-state index in [1.54, 1.807) is 0 Å². The molecule has 0 aromatic carbocycles. The van der Waals surface area contributed by atoms with Crippen molar-refractivity contribution >= 4 is 5.91 Å². The van der Waals surface area contributed by atoms with Gasteiger partial charge in [-0.15, -0.1) is 0 Å². The first kappa shape index (κ1) is 18.5. The van der Waals surface area contributed by atoms with Crippen LogP contribution in [0.5, 0.6) is 0 Å². The second kappa shape index (κ2) is 8.19. The van der Waals surface area contributed by atoms with Crippen molar-refractivity contribution in [3.05, 3.63) is 0 Å². The minimum Gasteiger partial charge on any atom is -0.339 e. The monoisotopic (exact) mass is 295 g/mol. The summed E-state index contributed by atoms with van der Waals surface area (Å²) in [4.78, 5) is 15.5. The standard InChI is InChI=1S/C19H37NO/c1-13(2)11-17(15(5)6)19(21)20(12-14(3)4)18-10-8-9-16(18)7/h13-18H,8-12H2,1-7H3. The quantitative estimate of drug-likeness (QED) is 0.649. The lowest BCUT2D eigenvalue weighted by molar-refractivity contribution is -0.141. The van der Waals surface area contributed by atoms with Crippen molar-refractivity contribution in [1.29, 1.82) is 0 Å². The van der Waals surface area contributed by atoms with Gasteiger partial charge in [0.2, 0.25) is 5.91 Å². The number of rotatable bonds is 7. The Kier molecular flexibility index (Phi) is 7.23. The van der Waals surface area contributed by atoms with Crippen LogP contribution in [0, 0.1) is 29.6 Å². The summed E-state index contributed by atoms with van der Waals surface area (Å²) in [7, 11) is 0. The second-order valence-electron chi connectivity index (χ2n) is 8.34. The molecule has 0 radical (unpaired) electrons. The highest BCUT2D eigenvalue weighted by Gasteiger charge is 2.36. The van der Waals surface area contributed by atoms with Crippen molar-refractivity contribution < 1.29 is 4.79 Å². The number of carbonyl (C=O) groups is 1. The van der Waals surface area contributed by atoms with Crippen LogP contribution in [0.1, 0.15) is 74.1 Å². The van der Waals surface area contributed by atoms with Crippen molar-refractivity contribution in [2.75, 3.05) is 6.54 Å². The van der Waals surface area contributed by atoms with Crippen molar-refractivity contribution in [3.8, 4) is 0 Å². The molecule has 0 spiro atoms. The van der Waals surface area contributed by atoms with E-state index in [4.69, 9.17) is 0 Å². The second-order valence-corrected chi connectivity index (χ2v) is 8.34. The molecule has 1 fully saturated rings. The molecule has 2 nitrogen and oxygen atoms in total. The lowest BCUT2D eigenvalue weighted by Gasteiger charge is -2.37. The van der Waals surface area contributed by atoms with E-state index >= 15 is 0 Å². The molecule has 0 bridgehead atoms. The number of nitrogens with zero attached hydrogens (tertiary/aromatic N) is 1. The van der Waals surface area contributed by atoms with Gasteiger partial charge in [0.15, 0.2) is 0 Å². The maximum absolute atomic E-state index is 13.2. The summed E-state index contributed by atoms with van der Waals surface area (Å²) in [5.74, 6) is 2.85. The first-order chi connectivity index (χ1) is 9.73. The van der Waals surface area contributed by atoms with Gasteiger partial charge in [-0.05, 0) is 42.9 Å². The fourth-order valence-electron chi connectivity index (χ4n) is 3.75. The van der Waals surface area contributed by atoms with Gasteiger partial charge in [-0.3, -0.25) is 4.79 Å². The van der Waals surface area contributed by atoms with Crippen LogP contribution in [-0.4, -0.2) is 23.4 Å². The molecule has 1 amide bonds. The Morgan fingerprint density at radius 3 is 2.05 bits per heavy atom. The van der Waals surface area contributed by atoms with Crippen LogP contribution in [0.25, 0.3) is 0 Å². The molecule has 0 N–H and O–H groups in total. The zero-order chi connectivity index (χ0) is 16.2. The lowest BCUT2D eigenvalue weighted by atomic mass is 9.85. The van der Waals surface area contributed by atoms with E-state index in [0.717, 1.165) is 13.0 Å². The Bertz CT molecular complexity index is 322. The van der Waals surface area contributed by atoms with Gasteiger partial charge in [-0.25, -0.2) is 0 Å². The minimum absolute atomic E-state index is 0.191. The predicted molar refractivity (Wildman–Crippen MR) is 91.1 cm³/mol. The van der Waals surface area contributed by atoms with E-state index in [-0.39, 0.29) is 5.92 Å². The van der Waals surface area contributed by atoms with Gasteiger partial charge in [0, 0.05) is 18.5 Å². The van der Waals surface area contributed by atoms with Crippen molar-refractivity contribution in [2.24, 2.45) is 29.6 Å². The molecule has 3 atom stereocenters. The van der Waals surface area contributed by atoms with Crippen molar-refractivity contribution in [1.82, 2.24) is 4.90 Å². The van der Waals surface area contributed by atoms with E-state index in [0.29, 0.717) is 35.6 Å². The molecule has 0 aromatic heterocycles. The van der Waals surface area contributed by atoms with E-state index in [1.165, 1.54) is 19.3 Å². The van der Waals surface area contributed by atoms with E-state index in [1.807, 2.05) is 0 Å². The van der Waals surface area contributed by atoms with Gasteiger partial charge in [0.05, 0.1) is 0 Å². The summed E-state index contributed by atoms with van der Waals surface area (Å²) in [6.07, 6.45) is 4.78. The van der Waals surface area contributed by atoms with Crippen molar-refractivity contribution in [3.63, 3.8) is 0 Å². The summed E-state index contributed by atoms with van der Waals surface area (Å²) in [6, 6.07) is 0.480. The molecule has 124 valence electrons. The van der Waals surface area contributed by atoms with Crippen molar-refractivity contribution in [2.45, 2.75) is 80.2 Å². The number of hydrogen-bond acceptors (Lipinski definition) is 1. The molecule has 1 saturated carbocycles. The molecule has 3 unspecified atom stereocenters. The fraction of sp³-hybridized carbons (Fsp3) is 0.947. The molecule has 1 aliphatic rings. The summed E-state index contributed by atoms with van der Waals surface area (Å²) in [5.41, 5.74) is 0. The Labute approximate surface area is 132 Å². The maximum atomic E-state index is 13.2. The van der Waals surface area contributed by atoms with E-state index in [9.17, 15) is 4.79 Å². The third-order valence-corrected chi connectivity index (χ3v) is 4.91. The number of carbonyl (C=O) groups excluding carboxylic acids is 1. The van der Waals surface area contributed by atoms with Gasteiger partial charge in [-0.1, -0.05) is 54.9 Å². The SMILES string of the molecule is CC(C)CC(C(=O)N(CC(C)C)C1CCCC1C)C(C)C. The topological polar surface area (TPSA) is 20.3 Å². The molecular weight excluding hydrogens is 258 g/mol. The van der Waals surface area contributed by atoms with Gasteiger partial charge in [0.25, 0.3) is 0 Å². The Morgan fingerprint density at radius 1 is 1.05 bits per heavy atom. The van der Waals surface area contributed by atoms with Crippen LogP contribution in [0.15, 0.2) is 0 Å². The molecule has 0 heterocycles. The van der Waals surface area contributed by atoms with E-state index in [2.05, 4.69) is 53.4 Å². The third-order valence-electron chi connectivity index (χ3n) is 4.91. The van der Waals surface area contributed by atoms with Crippen LogP contribution in [0.3, 0.4) is 0 Å². The van der Waals surface area contributed by atoms with Crippen LogP contribution < -0.4 is 0 Å². The Balaban J connectivity index is 2.91. The zero-order valence-corrected chi connectivity index (χ0v) is 15.4. The lowest BCUT2D eigenvalue weighted by Crippen LogP contribution is -2.47. The highest BCUT2D eigenvalue weighted by Crippen LogP contribution is 2.33. The highest BCUT2D eigenvalue weighted by atomic mass is 16.2. The van der Waals surface area contributed by atoms with Gasteiger partial charge in [0.1, 0.15) is 0 Å². The number of hydrogen-bond donors (Lipinski definition) is 0. The molecule has 2 heteroatoms. The highest BCUT2D eigenvalue weighted by molar-refractivity contribution is 5.79. The predicted octanol–water partition coefficient (Wildman–Crippen LogP) is 4.98. The first-order valence-corrected chi connectivity index (χ1v) is 9.04. The molecule has 0 aliphatic heterocycles. The average molecular weight is 296 g/mol. The summed E-state index contributed by atoms with van der Waals surface area (Å²) >= 11 is 0. The average Bonchev–Trinajstić information content (AvgIpc) is 2.77. The maximum Gasteiger partial charge on any atom is 0.226 e. The molecule has 0 saturated heterocycles. The first-order valence-electron chi connectivity index (χ1n) is 9.04. The van der Waals surface area contributed by atoms with Crippen LogP contribution in [0.2, 0.25) is 0 Å². The molecule has 1 rings (SSSR count). The molecule has 21 heavy (non-hydrogen) atoms. The third kappa shape index (κ3) is 5.30. The number of amides is 1. The smallest absolute Gasteiger partial charge is 0.226 e. The molecule has 1 aliphatic carbocycles. The zero-order valence-electron chi connectivity index (χ0n) is 15.4. The largest absolute Gasteiger partial charge is 0.339 e. The summed E-state index contributed by atoms with van der Waals surface area (Å²) in [6.45, 7) is 16.6. The van der Waals surface area contributed by atoms with Crippen LogP contribution in [0.4, 0.5) is 0 Å². The van der Waals surface area contributed by atoms with Crippen LogP contribution in [-0.2, 0) is 4.79 Å². The normalized spacial score (nSPS) is 24.1. The Hall–Kier alpha value is -0.530. The summed E-state index contributed by atoms with van der Waals surface area (Å²) in [5, 5.41) is 0. The fourth-order valence-corrected chi connectivity index (χ4v) is 3.75. The van der Waals surface area contributed by atoms with Gasteiger partial charge < -0.3 is 4.90 Å². The van der Waals surface area contributed by atoms with Gasteiger partial charge in [-0.2, -0.15) is 0 Å². The van der Waals surface area contributed by atoms with Crippen LogP contribution >= 0.6 is 0 Å². The molecular formula is C19H37NO. The summed E-state index contributed by atoms with van der Waals surface area (Å²) < 4.78 is 0. The van der Waals surface area contributed by atoms with E-state index < -0.39 is 0 Å².